The third-order valence-corrected chi connectivity index (χ3v) is 3.55. The highest BCUT2D eigenvalue weighted by atomic mass is 32.2. The zero-order valence-electron chi connectivity index (χ0n) is 12.1. The number of carboxylic acid groups (broad SMARTS) is 1. The first-order chi connectivity index (χ1) is 10.1. The molecule has 1 atom stereocenters. The average Bonchev–Trinajstić information content (AvgIpc) is 2.46. The molecular formula is C15H21NO4S. The van der Waals surface area contributed by atoms with Crippen LogP contribution in [0.3, 0.4) is 0 Å². The number of hydrogen-bond acceptors (Lipinski definition) is 4. The molecule has 0 fully saturated rings. The minimum Gasteiger partial charge on any atom is -0.481 e. The van der Waals surface area contributed by atoms with Crippen molar-refractivity contribution < 1.29 is 19.4 Å². The molecule has 6 heteroatoms. The Balaban J connectivity index is 2.37. The number of carbonyl (C=O) groups is 2. The second-order valence-electron chi connectivity index (χ2n) is 4.64. The summed E-state index contributed by atoms with van der Waals surface area (Å²) in [5, 5.41) is 11.5. The Morgan fingerprint density at radius 2 is 2.05 bits per heavy atom. The molecule has 1 aromatic rings. The monoisotopic (exact) mass is 311 g/mol. The zero-order chi connectivity index (χ0) is 15.5. The maximum Gasteiger partial charge on any atom is 0.407 e. The highest BCUT2D eigenvalue weighted by Gasteiger charge is 2.16. The van der Waals surface area contributed by atoms with Gasteiger partial charge in [-0.2, -0.15) is 11.8 Å². The average molecular weight is 311 g/mol. The van der Waals surface area contributed by atoms with E-state index < -0.39 is 18.1 Å². The number of hydrogen-bond donors (Lipinski definition) is 2. The molecule has 0 saturated heterocycles. The summed E-state index contributed by atoms with van der Waals surface area (Å²) >= 11 is 1.70. The smallest absolute Gasteiger partial charge is 0.407 e. The van der Waals surface area contributed by atoms with Crippen molar-refractivity contribution in [3.63, 3.8) is 0 Å². The first-order valence-electron chi connectivity index (χ1n) is 6.79. The molecule has 0 bridgehead atoms. The summed E-state index contributed by atoms with van der Waals surface area (Å²) in [5.41, 5.74) is 0.893. The lowest BCUT2D eigenvalue weighted by atomic mass is 10.1. The van der Waals surface area contributed by atoms with E-state index in [2.05, 4.69) is 5.32 Å². The number of carboxylic acids is 1. The predicted molar refractivity (Wildman–Crippen MR) is 83.4 cm³/mol. The van der Waals surface area contributed by atoms with Crippen molar-refractivity contribution in [2.75, 3.05) is 12.0 Å². The number of thioether (sulfide) groups is 1. The van der Waals surface area contributed by atoms with Gasteiger partial charge < -0.3 is 15.2 Å². The molecule has 1 amide bonds. The SMILES string of the molecule is CSCCCC(CC(=O)O)NC(=O)OCc1ccccc1. The molecule has 21 heavy (non-hydrogen) atoms. The number of amides is 1. The normalized spacial score (nSPS) is 11.7. The minimum atomic E-state index is -0.924. The molecule has 116 valence electrons. The molecule has 5 nitrogen and oxygen atoms in total. The van der Waals surface area contributed by atoms with Gasteiger partial charge >= 0.3 is 12.1 Å². The Labute approximate surface area is 129 Å². The molecule has 2 N–H and O–H groups in total. The lowest BCUT2D eigenvalue weighted by Crippen LogP contribution is -2.37. The van der Waals surface area contributed by atoms with Crippen molar-refractivity contribution in [1.82, 2.24) is 5.32 Å². The molecule has 0 spiro atoms. The van der Waals surface area contributed by atoms with Crippen LogP contribution in [-0.2, 0) is 16.1 Å². The van der Waals surface area contributed by atoms with Crippen LogP contribution in [0.4, 0.5) is 4.79 Å². The third kappa shape index (κ3) is 8.24. The van der Waals surface area contributed by atoms with Crippen LogP contribution in [-0.4, -0.2) is 35.2 Å². The van der Waals surface area contributed by atoms with Gasteiger partial charge in [-0.25, -0.2) is 4.79 Å². The van der Waals surface area contributed by atoms with Crippen LogP contribution in [0.1, 0.15) is 24.8 Å². The number of benzene rings is 1. The summed E-state index contributed by atoms with van der Waals surface area (Å²) in [4.78, 5) is 22.5. The van der Waals surface area contributed by atoms with Gasteiger partial charge in [0.05, 0.1) is 6.42 Å². The zero-order valence-corrected chi connectivity index (χ0v) is 12.9. The molecule has 0 heterocycles. The summed E-state index contributed by atoms with van der Waals surface area (Å²) in [7, 11) is 0. The van der Waals surface area contributed by atoms with Crippen LogP contribution in [0.2, 0.25) is 0 Å². The van der Waals surface area contributed by atoms with E-state index >= 15 is 0 Å². The highest BCUT2D eigenvalue weighted by Crippen LogP contribution is 2.07. The fourth-order valence-electron chi connectivity index (χ4n) is 1.84. The van der Waals surface area contributed by atoms with E-state index in [0.29, 0.717) is 6.42 Å². The second-order valence-corrected chi connectivity index (χ2v) is 5.62. The summed E-state index contributed by atoms with van der Waals surface area (Å²) in [6.45, 7) is 0.178. The predicted octanol–water partition coefficient (Wildman–Crippen LogP) is 2.90. The van der Waals surface area contributed by atoms with Gasteiger partial charge in [0.1, 0.15) is 6.61 Å². The number of ether oxygens (including phenoxy) is 1. The molecule has 0 aliphatic carbocycles. The molecule has 1 rings (SSSR count). The molecule has 0 aliphatic rings. The van der Waals surface area contributed by atoms with Crippen LogP contribution < -0.4 is 5.32 Å². The van der Waals surface area contributed by atoms with Crippen molar-refractivity contribution in [1.29, 1.82) is 0 Å². The lowest BCUT2D eigenvalue weighted by molar-refractivity contribution is -0.137. The van der Waals surface area contributed by atoms with Gasteiger partial charge in [0.25, 0.3) is 0 Å². The standard InChI is InChI=1S/C15H21NO4S/c1-21-9-5-8-13(10-14(17)18)16-15(19)20-11-12-6-3-2-4-7-12/h2-4,6-7,13H,5,8-11H2,1H3,(H,16,19)(H,17,18). The van der Waals surface area contributed by atoms with Crippen molar-refractivity contribution in [3.05, 3.63) is 35.9 Å². The number of rotatable bonds is 9. The molecule has 1 unspecified atom stereocenters. The molecule has 0 radical (unpaired) electrons. The number of aliphatic carboxylic acids is 1. The van der Waals surface area contributed by atoms with E-state index in [1.807, 2.05) is 36.6 Å². The van der Waals surface area contributed by atoms with Crippen LogP contribution >= 0.6 is 11.8 Å². The molecule has 1 aromatic carbocycles. The Morgan fingerprint density at radius 1 is 1.33 bits per heavy atom. The second kappa shape index (κ2) is 10.1. The van der Waals surface area contributed by atoms with E-state index in [0.717, 1.165) is 17.7 Å². The summed E-state index contributed by atoms with van der Waals surface area (Å²) in [5.74, 6) is 0.0177. The van der Waals surface area contributed by atoms with Gasteiger partial charge in [-0.05, 0) is 30.4 Å². The summed E-state index contributed by atoms with van der Waals surface area (Å²) in [6.07, 6.45) is 2.82. The summed E-state index contributed by atoms with van der Waals surface area (Å²) < 4.78 is 5.10. The number of nitrogens with one attached hydrogen (secondary N) is 1. The van der Waals surface area contributed by atoms with E-state index in [-0.39, 0.29) is 13.0 Å². The Kier molecular flexibility index (Phi) is 8.35. The Bertz CT molecular complexity index is 439. The maximum absolute atomic E-state index is 11.7. The third-order valence-electron chi connectivity index (χ3n) is 2.86. The van der Waals surface area contributed by atoms with Gasteiger partial charge in [0.15, 0.2) is 0 Å². The van der Waals surface area contributed by atoms with Crippen molar-refractivity contribution >= 4 is 23.8 Å². The van der Waals surface area contributed by atoms with Gasteiger partial charge in [0.2, 0.25) is 0 Å². The molecule has 0 saturated carbocycles. The highest BCUT2D eigenvalue weighted by molar-refractivity contribution is 7.98. The first-order valence-corrected chi connectivity index (χ1v) is 8.19. The van der Waals surface area contributed by atoms with Crippen molar-refractivity contribution in [3.8, 4) is 0 Å². The van der Waals surface area contributed by atoms with Crippen LogP contribution in [0.25, 0.3) is 0 Å². The molecular weight excluding hydrogens is 290 g/mol. The fraction of sp³-hybridized carbons (Fsp3) is 0.467. The van der Waals surface area contributed by atoms with Crippen molar-refractivity contribution in [2.24, 2.45) is 0 Å². The maximum atomic E-state index is 11.7. The van der Waals surface area contributed by atoms with Gasteiger partial charge in [0, 0.05) is 6.04 Å². The van der Waals surface area contributed by atoms with Crippen LogP contribution in [0, 0.1) is 0 Å². The molecule has 0 aromatic heterocycles. The summed E-state index contributed by atoms with van der Waals surface area (Å²) in [6, 6.07) is 8.95. The van der Waals surface area contributed by atoms with E-state index in [4.69, 9.17) is 9.84 Å². The largest absolute Gasteiger partial charge is 0.481 e. The van der Waals surface area contributed by atoms with E-state index in [1.54, 1.807) is 11.8 Å². The Morgan fingerprint density at radius 3 is 2.67 bits per heavy atom. The fourth-order valence-corrected chi connectivity index (χ4v) is 2.30. The van der Waals surface area contributed by atoms with Gasteiger partial charge in [-0.1, -0.05) is 30.3 Å². The van der Waals surface area contributed by atoms with Gasteiger partial charge in [-0.15, -0.1) is 0 Å². The van der Waals surface area contributed by atoms with Crippen LogP contribution in [0.5, 0.6) is 0 Å². The minimum absolute atomic E-state index is 0.0885. The Hall–Kier alpha value is -1.69. The van der Waals surface area contributed by atoms with E-state index in [1.165, 1.54) is 0 Å². The van der Waals surface area contributed by atoms with Crippen molar-refractivity contribution in [2.45, 2.75) is 31.9 Å². The van der Waals surface area contributed by atoms with Gasteiger partial charge in [-0.3, -0.25) is 4.79 Å². The van der Waals surface area contributed by atoms with Crippen LogP contribution in [0.15, 0.2) is 30.3 Å². The number of alkyl carbamates (subject to hydrolysis) is 1. The number of carbonyl (C=O) groups excluding carboxylic acids is 1. The first kappa shape index (κ1) is 17.4. The van der Waals surface area contributed by atoms with E-state index in [9.17, 15) is 9.59 Å². The molecule has 0 aliphatic heterocycles. The quantitative estimate of drug-likeness (QED) is 0.686. The lowest BCUT2D eigenvalue weighted by Gasteiger charge is -2.16. The topological polar surface area (TPSA) is 75.6 Å².